The Kier molecular flexibility index (Phi) is 4.86. The third kappa shape index (κ3) is 3.96. The molecule has 0 amide bonds. The minimum Gasteiger partial charge on any atom is -0.468 e. The lowest BCUT2D eigenvalue weighted by Crippen LogP contribution is -2.33. The Bertz CT molecular complexity index is 269. The molecule has 1 aliphatic rings. The van der Waals surface area contributed by atoms with Crippen LogP contribution in [0.1, 0.15) is 18.6 Å². The van der Waals surface area contributed by atoms with E-state index in [4.69, 9.17) is 9.15 Å². The molecular formula is C12H20N2O2. The highest BCUT2D eigenvalue weighted by Gasteiger charge is 2.12. The van der Waals surface area contributed by atoms with Gasteiger partial charge in [-0.05, 0) is 38.1 Å². The van der Waals surface area contributed by atoms with Crippen LogP contribution in [-0.2, 0) is 11.3 Å². The predicted octanol–water partition coefficient (Wildman–Crippen LogP) is 1.14. The highest BCUT2D eigenvalue weighted by atomic mass is 16.5. The van der Waals surface area contributed by atoms with Gasteiger partial charge in [-0.3, -0.25) is 0 Å². The summed E-state index contributed by atoms with van der Waals surface area (Å²) >= 11 is 0. The van der Waals surface area contributed by atoms with Crippen LogP contribution in [0.25, 0.3) is 0 Å². The molecule has 0 aromatic carbocycles. The van der Waals surface area contributed by atoms with E-state index in [9.17, 15) is 0 Å². The molecule has 1 aliphatic heterocycles. The normalized spacial score (nSPS) is 17.8. The molecule has 4 heteroatoms. The van der Waals surface area contributed by atoms with Gasteiger partial charge in [0, 0.05) is 6.54 Å². The van der Waals surface area contributed by atoms with E-state index < -0.39 is 0 Å². The molecule has 2 N–H and O–H groups in total. The first-order chi connectivity index (χ1) is 7.95. The topological polar surface area (TPSA) is 46.4 Å². The second-order valence-electron chi connectivity index (χ2n) is 4.08. The van der Waals surface area contributed by atoms with Crippen molar-refractivity contribution >= 4 is 0 Å². The molecule has 0 unspecified atom stereocenters. The second kappa shape index (κ2) is 6.68. The summed E-state index contributed by atoms with van der Waals surface area (Å²) in [5, 5.41) is 6.62. The SMILES string of the molecule is c1coc(CNCCOC2CCNCC2)c1. The van der Waals surface area contributed by atoms with Crippen LogP contribution >= 0.6 is 0 Å². The van der Waals surface area contributed by atoms with Crippen LogP contribution in [-0.4, -0.2) is 32.3 Å². The molecule has 90 valence electrons. The first-order valence-corrected chi connectivity index (χ1v) is 6.00. The molecule has 0 bridgehead atoms. The number of piperidine rings is 1. The van der Waals surface area contributed by atoms with Gasteiger partial charge in [-0.25, -0.2) is 0 Å². The molecule has 0 aliphatic carbocycles. The molecule has 2 heterocycles. The molecule has 1 fully saturated rings. The Labute approximate surface area is 96.4 Å². The number of nitrogens with one attached hydrogen (secondary N) is 2. The minimum absolute atomic E-state index is 0.451. The van der Waals surface area contributed by atoms with Crippen LogP contribution in [0.4, 0.5) is 0 Å². The van der Waals surface area contributed by atoms with Gasteiger partial charge in [0.25, 0.3) is 0 Å². The van der Waals surface area contributed by atoms with E-state index in [1.54, 1.807) is 6.26 Å². The molecule has 0 saturated carbocycles. The van der Waals surface area contributed by atoms with Gasteiger partial charge in [0.05, 0.1) is 25.5 Å². The number of hydrogen-bond acceptors (Lipinski definition) is 4. The van der Waals surface area contributed by atoms with Crippen molar-refractivity contribution in [2.24, 2.45) is 0 Å². The molecule has 0 spiro atoms. The average molecular weight is 224 g/mol. The van der Waals surface area contributed by atoms with Crippen LogP contribution < -0.4 is 10.6 Å². The maximum absolute atomic E-state index is 5.77. The first kappa shape index (κ1) is 11.6. The molecule has 4 nitrogen and oxygen atoms in total. The Morgan fingerprint density at radius 1 is 1.44 bits per heavy atom. The third-order valence-electron chi connectivity index (χ3n) is 2.80. The van der Waals surface area contributed by atoms with Gasteiger partial charge in [0.15, 0.2) is 0 Å². The van der Waals surface area contributed by atoms with Gasteiger partial charge in [0.2, 0.25) is 0 Å². The molecule has 1 aromatic heterocycles. The van der Waals surface area contributed by atoms with Gasteiger partial charge in [0.1, 0.15) is 5.76 Å². The zero-order chi connectivity index (χ0) is 11.1. The van der Waals surface area contributed by atoms with E-state index in [1.807, 2.05) is 12.1 Å². The Balaban J connectivity index is 1.48. The van der Waals surface area contributed by atoms with Gasteiger partial charge < -0.3 is 19.8 Å². The van der Waals surface area contributed by atoms with Crippen molar-refractivity contribution in [2.75, 3.05) is 26.2 Å². The fraction of sp³-hybridized carbons (Fsp3) is 0.667. The summed E-state index contributed by atoms with van der Waals surface area (Å²) in [6, 6.07) is 3.88. The van der Waals surface area contributed by atoms with E-state index in [1.165, 1.54) is 0 Å². The summed E-state index contributed by atoms with van der Waals surface area (Å²) in [4.78, 5) is 0. The van der Waals surface area contributed by atoms with Crippen molar-refractivity contribution in [3.8, 4) is 0 Å². The predicted molar refractivity (Wildman–Crippen MR) is 62.3 cm³/mol. The Morgan fingerprint density at radius 2 is 2.31 bits per heavy atom. The van der Waals surface area contributed by atoms with Gasteiger partial charge in [-0.2, -0.15) is 0 Å². The second-order valence-corrected chi connectivity index (χ2v) is 4.08. The van der Waals surface area contributed by atoms with E-state index in [0.29, 0.717) is 6.10 Å². The molecule has 2 rings (SSSR count). The summed E-state index contributed by atoms with van der Waals surface area (Å²) < 4.78 is 11.0. The molecular weight excluding hydrogens is 204 g/mol. The van der Waals surface area contributed by atoms with Crippen molar-refractivity contribution in [3.63, 3.8) is 0 Å². The summed E-state index contributed by atoms with van der Waals surface area (Å²) in [6.45, 7) is 4.62. The molecule has 1 saturated heterocycles. The van der Waals surface area contributed by atoms with Crippen LogP contribution in [0.3, 0.4) is 0 Å². The Morgan fingerprint density at radius 3 is 3.06 bits per heavy atom. The van der Waals surface area contributed by atoms with Crippen molar-refractivity contribution in [1.82, 2.24) is 10.6 Å². The van der Waals surface area contributed by atoms with E-state index >= 15 is 0 Å². The lowest BCUT2D eigenvalue weighted by molar-refractivity contribution is 0.0346. The lowest BCUT2D eigenvalue weighted by Gasteiger charge is -2.22. The molecule has 16 heavy (non-hydrogen) atoms. The van der Waals surface area contributed by atoms with Crippen molar-refractivity contribution in [1.29, 1.82) is 0 Å². The summed E-state index contributed by atoms with van der Waals surface area (Å²) in [7, 11) is 0. The highest BCUT2D eigenvalue weighted by Crippen LogP contribution is 2.06. The molecule has 0 radical (unpaired) electrons. The number of rotatable bonds is 6. The smallest absolute Gasteiger partial charge is 0.117 e. The van der Waals surface area contributed by atoms with Crippen molar-refractivity contribution < 1.29 is 9.15 Å². The number of ether oxygens (including phenoxy) is 1. The van der Waals surface area contributed by atoms with Crippen LogP contribution in [0.5, 0.6) is 0 Å². The lowest BCUT2D eigenvalue weighted by atomic mass is 10.1. The van der Waals surface area contributed by atoms with Crippen molar-refractivity contribution in [2.45, 2.75) is 25.5 Å². The molecule has 1 aromatic rings. The largest absolute Gasteiger partial charge is 0.468 e. The summed E-state index contributed by atoms with van der Waals surface area (Å²) in [6.07, 6.45) is 4.42. The van der Waals surface area contributed by atoms with E-state index in [-0.39, 0.29) is 0 Å². The molecule has 0 atom stereocenters. The summed E-state index contributed by atoms with van der Waals surface area (Å²) in [5.41, 5.74) is 0. The van der Waals surface area contributed by atoms with Crippen LogP contribution in [0.2, 0.25) is 0 Å². The zero-order valence-corrected chi connectivity index (χ0v) is 9.58. The highest BCUT2D eigenvalue weighted by molar-refractivity contribution is 4.97. The monoisotopic (exact) mass is 224 g/mol. The van der Waals surface area contributed by atoms with Gasteiger partial charge in [-0.15, -0.1) is 0 Å². The number of furan rings is 1. The van der Waals surface area contributed by atoms with Crippen LogP contribution in [0.15, 0.2) is 22.8 Å². The van der Waals surface area contributed by atoms with E-state index in [0.717, 1.165) is 51.4 Å². The maximum Gasteiger partial charge on any atom is 0.117 e. The van der Waals surface area contributed by atoms with Crippen molar-refractivity contribution in [3.05, 3.63) is 24.2 Å². The van der Waals surface area contributed by atoms with E-state index in [2.05, 4.69) is 10.6 Å². The summed E-state index contributed by atoms with van der Waals surface area (Å²) in [5.74, 6) is 0.974. The van der Waals surface area contributed by atoms with Gasteiger partial charge in [-0.1, -0.05) is 0 Å². The third-order valence-corrected chi connectivity index (χ3v) is 2.80. The van der Waals surface area contributed by atoms with Crippen LogP contribution in [0, 0.1) is 0 Å². The Hall–Kier alpha value is -0.840. The minimum atomic E-state index is 0.451. The number of hydrogen-bond donors (Lipinski definition) is 2. The fourth-order valence-electron chi connectivity index (χ4n) is 1.88. The van der Waals surface area contributed by atoms with Gasteiger partial charge >= 0.3 is 0 Å². The fourth-order valence-corrected chi connectivity index (χ4v) is 1.88. The average Bonchev–Trinajstić information content (AvgIpc) is 2.83. The standard InChI is InChI=1S/C12H20N2O2/c1-2-12(15-8-1)10-14-7-9-16-11-3-5-13-6-4-11/h1-2,8,11,13-14H,3-7,9-10H2. The zero-order valence-electron chi connectivity index (χ0n) is 9.58. The maximum atomic E-state index is 5.77. The first-order valence-electron chi connectivity index (χ1n) is 6.00. The quantitative estimate of drug-likeness (QED) is 0.711.